The molecule has 3 heteroatoms. The second kappa shape index (κ2) is 4.23. The van der Waals surface area contributed by atoms with E-state index in [0.717, 1.165) is 48.9 Å². The third-order valence-corrected chi connectivity index (χ3v) is 3.75. The van der Waals surface area contributed by atoms with Gasteiger partial charge in [0.2, 0.25) is 0 Å². The number of halogens is 1. The zero-order valence-electron chi connectivity index (χ0n) is 10.5. The van der Waals surface area contributed by atoms with Crippen LogP contribution in [-0.4, -0.2) is 4.98 Å². The predicted molar refractivity (Wildman–Crippen MR) is 70.5 cm³/mol. The zero-order valence-corrected chi connectivity index (χ0v) is 10.5. The highest BCUT2D eigenvalue weighted by atomic mass is 19.1. The molecular formula is C15H16FNO. The highest BCUT2D eigenvalue weighted by Crippen LogP contribution is 2.22. The molecule has 2 aromatic rings. The first-order valence-electron chi connectivity index (χ1n) is 6.50. The molecule has 0 unspecified atom stereocenters. The molecule has 0 saturated carbocycles. The minimum absolute atomic E-state index is 0.0169. The first kappa shape index (κ1) is 11.5. The Kier molecular flexibility index (Phi) is 2.69. The summed E-state index contributed by atoms with van der Waals surface area (Å²) >= 11 is 0. The number of aryl methyl sites for hydroxylation is 2. The lowest BCUT2D eigenvalue weighted by atomic mass is 10.0. The van der Waals surface area contributed by atoms with Gasteiger partial charge in [-0.25, -0.2) is 4.39 Å². The fraction of sp³-hybridized carbons (Fsp3) is 0.400. The van der Waals surface area contributed by atoms with Gasteiger partial charge in [0, 0.05) is 16.6 Å². The molecule has 1 heterocycles. The Morgan fingerprint density at radius 3 is 2.78 bits per heavy atom. The number of aromatic amines is 1. The van der Waals surface area contributed by atoms with Crippen LogP contribution in [0.15, 0.2) is 16.9 Å². The number of H-pyrrole nitrogens is 1. The van der Waals surface area contributed by atoms with Crippen LogP contribution in [0.5, 0.6) is 0 Å². The Hall–Kier alpha value is -1.64. The summed E-state index contributed by atoms with van der Waals surface area (Å²) in [5.41, 5.74) is 2.98. The summed E-state index contributed by atoms with van der Waals surface area (Å²) < 4.78 is 13.9. The molecule has 0 saturated heterocycles. The normalized spacial score (nSPS) is 15.4. The molecule has 0 aliphatic heterocycles. The van der Waals surface area contributed by atoms with Gasteiger partial charge in [-0.3, -0.25) is 4.79 Å². The highest BCUT2D eigenvalue weighted by molar-refractivity contribution is 5.80. The van der Waals surface area contributed by atoms with E-state index >= 15 is 0 Å². The number of hydrogen-bond donors (Lipinski definition) is 1. The van der Waals surface area contributed by atoms with Crippen LogP contribution < -0.4 is 5.43 Å². The van der Waals surface area contributed by atoms with Gasteiger partial charge in [0.25, 0.3) is 0 Å². The number of pyridine rings is 1. The molecule has 1 aromatic heterocycles. The summed E-state index contributed by atoms with van der Waals surface area (Å²) in [6.07, 6.45) is 4.93. The Balaban J connectivity index is 2.38. The van der Waals surface area contributed by atoms with E-state index in [0.29, 0.717) is 10.9 Å². The Morgan fingerprint density at radius 2 is 1.94 bits per heavy atom. The van der Waals surface area contributed by atoms with Gasteiger partial charge in [0.05, 0.1) is 5.52 Å². The molecule has 94 valence electrons. The van der Waals surface area contributed by atoms with Gasteiger partial charge in [0.15, 0.2) is 5.43 Å². The zero-order chi connectivity index (χ0) is 12.7. The lowest BCUT2D eigenvalue weighted by Gasteiger charge is -2.09. The maximum Gasteiger partial charge on any atom is 0.192 e. The van der Waals surface area contributed by atoms with Crippen molar-refractivity contribution in [2.75, 3.05) is 0 Å². The molecule has 1 N–H and O–H groups in total. The summed E-state index contributed by atoms with van der Waals surface area (Å²) in [4.78, 5) is 15.6. The molecule has 0 atom stereocenters. The van der Waals surface area contributed by atoms with Crippen LogP contribution in [0.4, 0.5) is 4.39 Å². The number of fused-ring (bicyclic) bond motifs is 2. The van der Waals surface area contributed by atoms with Crippen molar-refractivity contribution >= 4 is 10.9 Å². The van der Waals surface area contributed by atoms with Gasteiger partial charge in [-0.2, -0.15) is 0 Å². The van der Waals surface area contributed by atoms with Crippen LogP contribution in [-0.2, 0) is 12.8 Å². The molecular weight excluding hydrogens is 229 g/mol. The molecule has 3 rings (SSSR count). The molecule has 1 aliphatic rings. The molecule has 2 nitrogen and oxygen atoms in total. The van der Waals surface area contributed by atoms with Crippen molar-refractivity contribution in [3.63, 3.8) is 0 Å². The minimum Gasteiger partial charge on any atom is -0.356 e. The SMILES string of the molecule is Cc1cc(F)c2[nH]c3c(c(=O)c2c1)CCCCC3. The topological polar surface area (TPSA) is 32.9 Å². The van der Waals surface area contributed by atoms with Crippen molar-refractivity contribution in [2.24, 2.45) is 0 Å². The number of hydrogen-bond acceptors (Lipinski definition) is 1. The molecule has 0 spiro atoms. The molecule has 0 fully saturated rings. The average molecular weight is 245 g/mol. The molecule has 1 aliphatic carbocycles. The van der Waals surface area contributed by atoms with E-state index in [1.165, 1.54) is 6.07 Å². The summed E-state index contributed by atoms with van der Waals surface area (Å²) in [7, 11) is 0. The second-order valence-corrected chi connectivity index (χ2v) is 5.14. The van der Waals surface area contributed by atoms with Crippen molar-refractivity contribution in [3.05, 3.63) is 45.0 Å². The third kappa shape index (κ3) is 1.74. The molecule has 0 radical (unpaired) electrons. The monoisotopic (exact) mass is 245 g/mol. The standard InChI is InChI=1S/C15H16FNO/c1-9-7-11-14(12(16)8-9)17-13-6-4-2-3-5-10(13)15(11)18/h7-8H,2-6H2,1H3,(H,17,18). The Morgan fingerprint density at radius 1 is 1.17 bits per heavy atom. The third-order valence-electron chi connectivity index (χ3n) is 3.75. The largest absolute Gasteiger partial charge is 0.356 e. The van der Waals surface area contributed by atoms with E-state index in [-0.39, 0.29) is 11.2 Å². The van der Waals surface area contributed by atoms with Gasteiger partial charge in [0.1, 0.15) is 5.82 Å². The number of rotatable bonds is 0. The van der Waals surface area contributed by atoms with Gasteiger partial charge < -0.3 is 4.98 Å². The first-order valence-corrected chi connectivity index (χ1v) is 6.50. The van der Waals surface area contributed by atoms with Gasteiger partial charge >= 0.3 is 0 Å². The number of nitrogens with one attached hydrogen (secondary N) is 1. The maximum absolute atomic E-state index is 13.9. The molecule has 0 amide bonds. The van der Waals surface area contributed by atoms with Crippen LogP contribution in [0.2, 0.25) is 0 Å². The van der Waals surface area contributed by atoms with E-state index in [1.807, 2.05) is 6.92 Å². The highest BCUT2D eigenvalue weighted by Gasteiger charge is 2.16. The first-order chi connectivity index (χ1) is 8.66. The molecule has 0 bridgehead atoms. The van der Waals surface area contributed by atoms with E-state index in [1.54, 1.807) is 6.07 Å². The van der Waals surface area contributed by atoms with E-state index < -0.39 is 0 Å². The van der Waals surface area contributed by atoms with Crippen molar-refractivity contribution in [1.29, 1.82) is 0 Å². The maximum atomic E-state index is 13.9. The van der Waals surface area contributed by atoms with Gasteiger partial charge in [-0.1, -0.05) is 6.42 Å². The fourth-order valence-electron chi connectivity index (χ4n) is 2.83. The fourth-order valence-corrected chi connectivity index (χ4v) is 2.83. The minimum atomic E-state index is -0.325. The van der Waals surface area contributed by atoms with Crippen molar-refractivity contribution in [3.8, 4) is 0 Å². The van der Waals surface area contributed by atoms with Crippen molar-refractivity contribution in [1.82, 2.24) is 4.98 Å². The lowest BCUT2D eigenvalue weighted by molar-refractivity contribution is 0.634. The summed E-state index contributed by atoms with van der Waals surface area (Å²) in [6, 6.07) is 3.25. The van der Waals surface area contributed by atoms with Crippen LogP contribution in [0.1, 0.15) is 36.1 Å². The quantitative estimate of drug-likeness (QED) is 0.710. The number of aromatic nitrogens is 1. The van der Waals surface area contributed by atoms with E-state index in [4.69, 9.17) is 0 Å². The molecule has 18 heavy (non-hydrogen) atoms. The van der Waals surface area contributed by atoms with Gasteiger partial charge in [-0.15, -0.1) is 0 Å². The average Bonchev–Trinajstić information content (AvgIpc) is 2.56. The predicted octanol–water partition coefficient (Wildman–Crippen LogP) is 3.24. The van der Waals surface area contributed by atoms with Crippen LogP contribution in [0.25, 0.3) is 10.9 Å². The second-order valence-electron chi connectivity index (χ2n) is 5.14. The van der Waals surface area contributed by atoms with Crippen LogP contribution in [0.3, 0.4) is 0 Å². The Labute approximate surface area is 105 Å². The van der Waals surface area contributed by atoms with Crippen LogP contribution >= 0.6 is 0 Å². The van der Waals surface area contributed by atoms with E-state index in [9.17, 15) is 9.18 Å². The Bertz CT molecular complexity index is 672. The number of benzene rings is 1. The molecule has 1 aromatic carbocycles. The smallest absolute Gasteiger partial charge is 0.192 e. The summed E-state index contributed by atoms with van der Waals surface area (Å²) in [5.74, 6) is -0.325. The van der Waals surface area contributed by atoms with Crippen molar-refractivity contribution < 1.29 is 4.39 Å². The summed E-state index contributed by atoms with van der Waals surface area (Å²) in [5, 5.41) is 0.494. The van der Waals surface area contributed by atoms with Crippen LogP contribution in [0, 0.1) is 12.7 Å². The van der Waals surface area contributed by atoms with Crippen molar-refractivity contribution in [2.45, 2.75) is 39.0 Å². The van der Waals surface area contributed by atoms with Gasteiger partial charge in [-0.05, 0) is 50.3 Å². The summed E-state index contributed by atoms with van der Waals surface area (Å²) in [6.45, 7) is 1.81. The van der Waals surface area contributed by atoms with E-state index in [2.05, 4.69) is 4.98 Å². The lowest BCUT2D eigenvalue weighted by Crippen LogP contribution is -2.14.